The zero-order valence-corrected chi connectivity index (χ0v) is 6.70. The van der Waals surface area contributed by atoms with Gasteiger partial charge in [-0.2, -0.15) is 0 Å². The van der Waals surface area contributed by atoms with Gasteiger partial charge in [-0.3, -0.25) is 4.98 Å². The molecular weight excluding hydrogens is 145 g/mol. The second kappa shape index (κ2) is 2.98. The van der Waals surface area contributed by atoms with Crippen molar-refractivity contribution in [2.24, 2.45) is 0 Å². The van der Waals surface area contributed by atoms with Crippen molar-refractivity contribution in [3.63, 3.8) is 0 Å². The van der Waals surface area contributed by atoms with Gasteiger partial charge < -0.3 is 0 Å². The number of fused-ring (bicyclic) bond motifs is 1. The van der Waals surface area contributed by atoms with Crippen LogP contribution in [0.3, 0.4) is 0 Å². The minimum Gasteiger partial charge on any atom is -0.256 e. The van der Waals surface area contributed by atoms with Crippen molar-refractivity contribution in [3.05, 3.63) is 42.1 Å². The van der Waals surface area contributed by atoms with Crippen molar-refractivity contribution in [2.75, 3.05) is 0 Å². The third-order valence-corrected chi connectivity index (χ3v) is 1.96. The molecule has 0 spiro atoms. The summed E-state index contributed by atoms with van der Waals surface area (Å²) in [5.41, 5.74) is 2.17. The molecular formula is C10H8BN. The van der Waals surface area contributed by atoms with Crippen LogP contribution in [0.15, 0.2) is 36.5 Å². The summed E-state index contributed by atoms with van der Waals surface area (Å²) in [5.74, 6) is 0. The van der Waals surface area contributed by atoms with Crippen molar-refractivity contribution in [3.8, 4) is 0 Å². The maximum absolute atomic E-state index is 5.59. The number of hydrogen-bond acceptors (Lipinski definition) is 1. The van der Waals surface area contributed by atoms with E-state index in [1.54, 1.807) is 6.20 Å². The minimum absolute atomic E-state index is 0.572. The fourth-order valence-corrected chi connectivity index (χ4v) is 1.35. The second-order valence-electron chi connectivity index (χ2n) is 2.69. The van der Waals surface area contributed by atoms with Gasteiger partial charge in [0, 0.05) is 11.6 Å². The van der Waals surface area contributed by atoms with Crippen LogP contribution < -0.4 is 0 Å². The largest absolute Gasteiger partial charge is 0.256 e. The van der Waals surface area contributed by atoms with Gasteiger partial charge in [-0.05, 0) is 17.7 Å². The third-order valence-electron chi connectivity index (χ3n) is 1.96. The van der Waals surface area contributed by atoms with Gasteiger partial charge >= 0.3 is 0 Å². The first-order chi connectivity index (χ1) is 5.92. The van der Waals surface area contributed by atoms with Gasteiger partial charge in [0.2, 0.25) is 0 Å². The molecule has 1 heterocycles. The molecule has 1 nitrogen and oxygen atoms in total. The number of rotatable bonds is 1. The summed E-state index contributed by atoms with van der Waals surface area (Å²) in [5, 5.41) is 1.16. The zero-order chi connectivity index (χ0) is 8.39. The van der Waals surface area contributed by atoms with Crippen molar-refractivity contribution < 1.29 is 0 Å². The Labute approximate surface area is 72.8 Å². The van der Waals surface area contributed by atoms with E-state index < -0.39 is 0 Å². The van der Waals surface area contributed by atoms with Crippen LogP contribution in [0.4, 0.5) is 0 Å². The molecule has 0 aliphatic heterocycles. The van der Waals surface area contributed by atoms with Crippen LogP contribution in [0, 0.1) is 0 Å². The third kappa shape index (κ3) is 1.09. The summed E-state index contributed by atoms with van der Waals surface area (Å²) < 4.78 is 0. The van der Waals surface area contributed by atoms with E-state index in [2.05, 4.69) is 4.98 Å². The van der Waals surface area contributed by atoms with Crippen molar-refractivity contribution in [1.29, 1.82) is 0 Å². The summed E-state index contributed by atoms with van der Waals surface area (Å²) in [7, 11) is 5.59. The van der Waals surface area contributed by atoms with E-state index in [1.165, 1.54) is 0 Å². The van der Waals surface area contributed by atoms with Gasteiger partial charge in [0.15, 0.2) is 0 Å². The summed E-state index contributed by atoms with van der Waals surface area (Å²) in [6.07, 6.45) is 2.37. The molecule has 2 rings (SSSR count). The lowest BCUT2D eigenvalue weighted by Crippen LogP contribution is -1.86. The average Bonchev–Trinajstić information content (AvgIpc) is 2.17. The highest BCUT2D eigenvalue weighted by Crippen LogP contribution is 2.15. The number of nitrogens with zero attached hydrogens (tertiary/aromatic N) is 1. The van der Waals surface area contributed by atoms with Gasteiger partial charge in [0.1, 0.15) is 0 Å². The van der Waals surface area contributed by atoms with Crippen molar-refractivity contribution in [2.45, 2.75) is 6.32 Å². The van der Waals surface area contributed by atoms with Crippen LogP contribution in [0.5, 0.6) is 0 Å². The maximum Gasteiger partial charge on any atom is 0.0716 e. The van der Waals surface area contributed by atoms with Crippen molar-refractivity contribution in [1.82, 2.24) is 4.98 Å². The molecule has 12 heavy (non-hydrogen) atoms. The maximum atomic E-state index is 5.59. The summed E-state index contributed by atoms with van der Waals surface area (Å²) >= 11 is 0. The monoisotopic (exact) mass is 153 g/mol. The fourth-order valence-electron chi connectivity index (χ4n) is 1.35. The van der Waals surface area contributed by atoms with E-state index in [4.69, 9.17) is 7.85 Å². The molecule has 0 fully saturated rings. The average molecular weight is 153 g/mol. The normalized spacial score (nSPS) is 10.3. The molecule has 0 saturated heterocycles. The van der Waals surface area contributed by atoms with E-state index in [0.29, 0.717) is 6.32 Å². The predicted molar refractivity (Wildman–Crippen MR) is 51.2 cm³/mol. The van der Waals surface area contributed by atoms with Crippen LogP contribution >= 0.6 is 0 Å². The smallest absolute Gasteiger partial charge is 0.0716 e. The van der Waals surface area contributed by atoms with Crippen LogP contribution in [0.2, 0.25) is 0 Å². The lowest BCUT2D eigenvalue weighted by atomic mass is 9.94. The Hall–Kier alpha value is -1.31. The lowest BCUT2D eigenvalue weighted by molar-refractivity contribution is 1.37. The Morgan fingerprint density at radius 1 is 1.17 bits per heavy atom. The van der Waals surface area contributed by atoms with E-state index in [1.807, 2.05) is 30.3 Å². The van der Waals surface area contributed by atoms with Gasteiger partial charge in [0.05, 0.1) is 13.4 Å². The number of pyridine rings is 1. The number of aromatic nitrogens is 1. The van der Waals surface area contributed by atoms with Gasteiger partial charge in [-0.25, -0.2) is 0 Å². The first-order valence-electron chi connectivity index (χ1n) is 3.94. The van der Waals surface area contributed by atoms with Gasteiger partial charge in [0.25, 0.3) is 0 Å². The van der Waals surface area contributed by atoms with E-state index >= 15 is 0 Å². The highest BCUT2D eigenvalue weighted by Gasteiger charge is 1.96. The second-order valence-corrected chi connectivity index (χ2v) is 2.69. The molecule has 0 saturated carbocycles. The standard InChI is InChI=1S/C10H8BN/c11-7-8-3-1-5-10-9(8)4-2-6-12-10/h1-6H,7H2. The van der Waals surface area contributed by atoms with Gasteiger partial charge in [-0.1, -0.05) is 24.5 Å². The molecule has 0 aliphatic carbocycles. The van der Waals surface area contributed by atoms with E-state index in [-0.39, 0.29) is 0 Å². The Balaban J connectivity index is 2.79. The number of hydrogen-bond donors (Lipinski definition) is 0. The Morgan fingerprint density at radius 3 is 2.92 bits per heavy atom. The van der Waals surface area contributed by atoms with E-state index in [0.717, 1.165) is 16.5 Å². The topological polar surface area (TPSA) is 12.9 Å². The Bertz CT molecular complexity index is 392. The van der Waals surface area contributed by atoms with Crippen LogP contribution in [0.1, 0.15) is 5.56 Å². The fraction of sp³-hybridized carbons (Fsp3) is 0.100. The molecule has 0 amide bonds. The zero-order valence-electron chi connectivity index (χ0n) is 6.70. The quantitative estimate of drug-likeness (QED) is 0.570. The minimum atomic E-state index is 0.572. The van der Waals surface area contributed by atoms with Crippen LogP contribution in [-0.2, 0) is 6.32 Å². The number of benzene rings is 1. The molecule has 0 N–H and O–H groups in total. The van der Waals surface area contributed by atoms with E-state index in [9.17, 15) is 0 Å². The predicted octanol–water partition coefficient (Wildman–Crippen LogP) is 1.90. The summed E-state index contributed by atoms with van der Waals surface area (Å²) in [6, 6.07) is 9.99. The summed E-state index contributed by atoms with van der Waals surface area (Å²) in [6.45, 7) is 0. The molecule has 0 aliphatic rings. The molecule has 2 heteroatoms. The van der Waals surface area contributed by atoms with Crippen LogP contribution in [0.25, 0.3) is 10.9 Å². The Morgan fingerprint density at radius 2 is 2.08 bits per heavy atom. The highest BCUT2D eigenvalue weighted by molar-refractivity contribution is 6.09. The molecule has 0 unspecified atom stereocenters. The molecule has 2 radical (unpaired) electrons. The molecule has 2 aromatic rings. The highest BCUT2D eigenvalue weighted by atomic mass is 14.6. The van der Waals surface area contributed by atoms with Crippen LogP contribution in [-0.4, -0.2) is 12.8 Å². The first-order valence-corrected chi connectivity index (χ1v) is 3.94. The van der Waals surface area contributed by atoms with Gasteiger partial charge in [-0.15, -0.1) is 0 Å². The lowest BCUT2D eigenvalue weighted by Gasteiger charge is -2.01. The first kappa shape index (κ1) is 7.35. The Kier molecular flexibility index (Phi) is 1.82. The summed E-state index contributed by atoms with van der Waals surface area (Å²) in [4.78, 5) is 4.23. The SMILES string of the molecule is [B]Cc1cccc2ncccc12. The molecule has 1 aromatic heterocycles. The molecule has 0 bridgehead atoms. The molecule has 1 aromatic carbocycles. The molecule has 0 atom stereocenters. The molecule has 56 valence electrons. The van der Waals surface area contributed by atoms with Crippen molar-refractivity contribution >= 4 is 18.7 Å².